The van der Waals surface area contributed by atoms with Crippen LogP contribution >= 0.6 is 11.8 Å². The summed E-state index contributed by atoms with van der Waals surface area (Å²) in [5.74, 6) is 0.878. The number of methoxy groups -OCH3 is 1. The number of anilines is 2. The fourth-order valence-electron chi connectivity index (χ4n) is 2.24. The maximum atomic E-state index is 12.5. The highest BCUT2D eigenvalue weighted by Gasteiger charge is 2.38. The van der Waals surface area contributed by atoms with Crippen molar-refractivity contribution in [3.63, 3.8) is 0 Å². The van der Waals surface area contributed by atoms with Crippen LogP contribution in [-0.4, -0.2) is 43.3 Å². The number of carbonyl (C=O) groups is 2. The van der Waals surface area contributed by atoms with Crippen molar-refractivity contribution >= 4 is 35.1 Å². The van der Waals surface area contributed by atoms with Crippen molar-refractivity contribution in [1.29, 1.82) is 0 Å². The number of nitrogens with zero attached hydrogens (tertiary/aromatic N) is 1. The van der Waals surface area contributed by atoms with Crippen LogP contribution in [0.1, 0.15) is 13.8 Å². The molecule has 0 radical (unpaired) electrons. The Morgan fingerprint density at radius 3 is 2.77 bits per heavy atom. The van der Waals surface area contributed by atoms with Gasteiger partial charge in [-0.05, 0) is 32.2 Å². The fraction of sp³-hybridized carbons (Fsp3) is 0.467. The van der Waals surface area contributed by atoms with Crippen LogP contribution in [0.4, 0.5) is 16.2 Å². The SMILES string of the molecule is COc1ccc2c(c1)N(C(=O)OC(C)C)[C@H](CSC)C(=O)N2. The normalized spacial score (nSPS) is 17.0. The molecule has 0 aliphatic carbocycles. The van der Waals surface area contributed by atoms with Crippen LogP contribution in [0, 0.1) is 0 Å². The summed E-state index contributed by atoms with van der Waals surface area (Å²) in [5, 5.41) is 2.83. The van der Waals surface area contributed by atoms with E-state index < -0.39 is 12.1 Å². The van der Waals surface area contributed by atoms with E-state index in [1.807, 2.05) is 6.26 Å². The fourth-order valence-corrected chi connectivity index (χ4v) is 2.85. The van der Waals surface area contributed by atoms with E-state index in [4.69, 9.17) is 9.47 Å². The third-order valence-corrected chi connectivity index (χ3v) is 3.84. The van der Waals surface area contributed by atoms with Gasteiger partial charge < -0.3 is 14.8 Å². The molecule has 1 aromatic rings. The second kappa shape index (κ2) is 6.91. The molecule has 2 amide bonds. The number of rotatable bonds is 4. The molecule has 0 bridgehead atoms. The average molecular weight is 324 g/mol. The van der Waals surface area contributed by atoms with Crippen molar-refractivity contribution in [2.75, 3.05) is 29.3 Å². The summed E-state index contributed by atoms with van der Waals surface area (Å²) in [5.41, 5.74) is 1.16. The zero-order chi connectivity index (χ0) is 16.3. The predicted molar refractivity (Wildman–Crippen MR) is 87.9 cm³/mol. The lowest BCUT2D eigenvalue weighted by molar-refractivity contribution is -0.117. The first-order valence-electron chi connectivity index (χ1n) is 6.95. The van der Waals surface area contributed by atoms with Crippen molar-refractivity contribution in [1.82, 2.24) is 0 Å². The van der Waals surface area contributed by atoms with E-state index in [9.17, 15) is 9.59 Å². The van der Waals surface area contributed by atoms with Gasteiger partial charge in [0.1, 0.15) is 11.8 Å². The van der Waals surface area contributed by atoms with E-state index >= 15 is 0 Å². The molecule has 7 heteroatoms. The molecular weight excluding hydrogens is 304 g/mol. The number of carbonyl (C=O) groups excluding carboxylic acids is 2. The summed E-state index contributed by atoms with van der Waals surface area (Å²) < 4.78 is 10.5. The number of hydrogen-bond acceptors (Lipinski definition) is 5. The van der Waals surface area contributed by atoms with Crippen LogP contribution in [0.25, 0.3) is 0 Å². The molecule has 0 saturated carbocycles. The van der Waals surface area contributed by atoms with Crippen LogP contribution in [0.15, 0.2) is 18.2 Å². The predicted octanol–water partition coefficient (Wildman–Crippen LogP) is 2.73. The Balaban J connectivity index is 2.47. The van der Waals surface area contributed by atoms with Crippen LogP contribution in [0.2, 0.25) is 0 Å². The molecule has 1 aliphatic heterocycles. The van der Waals surface area contributed by atoms with Crippen LogP contribution in [0.5, 0.6) is 5.75 Å². The van der Waals surface area contributed by atoms with Crippen molar-refractivity contribution in [3.8, 4) is 5.75 Å². The van der Waals surface area contributed by atoms with Gasteiger partial charge in [0, 0.05) is 11.8 Å². The van der Waals surface area contributed by atoms with Crippen molar-refractivity contribution in [2.24, 2.45) is 0 Å². The van der Waals surface area contributed by atoms with Gasteiger partial charge in [-0.3, -0.25) is 9.69 Å². The van der Waals surface area contributed by atoms with E-state index in [-0.39, 0.29) is 12.0 Å². The zero-order valence-corrected chi connectivity index (χ0v) is 13.9. The number of amides is 2. The van der Waals surface area contributed by atoms with Gasteiger partial charge >= 0.3 is 6.09 Å². The quantitative estimate of drug-likeness (QED) is 0.922. The van der Waals surface area contributed by atoms with Gasteiger partial charge in [0.2, 0.25) is 5.91 Å². The van der Waals surface area contributed by atoms with E-state index in [1.165, 1.54) is 16.7 Å². The topological polar surface area (TPSA) is 67.9 Å². The Bertz CT molecular complexity index is 577. The molecular formula is C15H20N2O4S. The van der Waals surface area contributed by atoms with Gasteiger partial charge in [0.15, 0.2) is 0 Å². The van der Waals surface area contributed by atoms with Crippen molar-refractivity contribution in [3.05, 3.63) is 18.2 Å². The Morgan fingerprint density at radius 2 is 2.18 bits per heavy atom. The second-order valence-electron chi connectivity index (χ2n) is 5.15. The molecule has 0 spiro atoms. The Hall–Kier alpha value is -1.89. The van der Waals surface area contributed by atoms with E-state index in [2.05, 4.69) is 5.32 Å². The van der Waals surface area contributed by atoms with Crippen LogP contribution in [0.3, 0.4) is 0 Å². The number of hydrogen-bond donors (Lipinski definition) is 1. The first kappa shape index (κ1) is 16.5. The summed E-state index contributed by atoms with van der Waals surface area (Å²) in [7, 11) is 1.55. The van der Waals surface area contributed by atoms with Gasteiger partial charge in [-0.25, -0.2) is 4.79 Å². The highest BCUT2D eigenvalue weighted by molar-refractivity contribution is 7.98. The molecule has 1 N–H and O–H groups in total. The summed E-state index contributed by atoms with van der Waals surface area (Å²) >= 11 is 1.50. The highest BCUT2D eigenvalue weighted by Crippen LogP contribution is 2.36. The van der Waals surface area contributed by atoms with Gasteiger partial charge in [0.25, 0.3) is 0 Å². The lowest BCUT2D eigenvalue weighted by atomic mass is 10.1. The lowest BCUT2D eigenvalue weighted by Crippen LogP contribution is -2.53. The average Bonchev–Trinajstić information content (AvgIpc) is 2.46. The first-order chi connectivity index (χ1) is 10.5. The molecule has 0 saturated heterocycles. The van der Waals surface area contributed by atoms with Crippen LogP contribution < -0.4 is 15.0 Å². The molecule has 120 valence electrons. The monoisotopic (exact) mass is 324 g/mol. The van der Waals surface area contributed by atoms with E-state index in [0.717, 1.165) is 0 Å². The van der Waals surface area contributed by atoms with Gasteiger partial charge in [0.05, 0.1) is 24.6 Å². The maximum absolute atomic E-state index is 12.5. The molecule has 0 aromatic heterocycles. The smallest absolute Gasteiger partial charge is 0.415 e. The molecule has 2 rings (SSSR count). The molecule has 6 nitrogen and oxygen atoms in total. The van der Waals surface area contributed by atoms with E-state index in [1.54, 1.807) is 39.2 Å². The first-order valence-corrected chi connectivity index (χ1v) is 8.35. The number of ether oxygens (including phenoxy) is 2. The number of benzene rings is 1. The molecule has 1 heterocycles. The van der Waals surface area contributed by atoms with Gasteiger partial charge in [-0.2, -0.15) is 11.8 Å². The summed E-state index contributed by atoms with van der Waals surface area (Å²) in [6.07, 6.45) is 1.10. The molecule has 0 fully saturated rings. The minimum absolute atomic E-state index is 0.215. The molecule has 1 atom stereocenters. The molecule has 1 aromatic carbocycles. The molecule has 22 heavy (non-hydrogen) atoms. The zero-order valence-electron chi connectivity index (χ0n) is 13.1. The summed E-state index contributed by atoms with van der Waals surface area (Å²) in [6.45, 7) is 3.55. The number of thioether (sulfide) groups is 1. The van der Waals surface area contributed by atoms with E-state index in [0.29, 0.717) is 22.9 Å². The van der Waals surface area contributed by atoms with Gasteiger partial charge in [-0.15, -0.1) is 0 Å². The lowest BCUT2D eigenvalue weighted by Gasteiger charge is -2.35. The maximum Gasteiger partial charge on any atom is 0.415 e. The van der Waals surface area contributed by atoms with Crippen molar-refractivity contribution < 1.29 is 19.1 Å². The largest absolute Gasteiger partial charge is 0.497 e. The Morgan fingerprint density at radius 1 is 1.45 bits per heavy atom. The Kier molecular flexibility index (Phi) is 5.18. The van der Waals surface area contributed by atoms with Gasteiger partial charge in [-0.1, -0.05) is 0 Å². The second-order valence-corrected chi connectivity index (χ2v) is 6.06. The Labute approximate surface area is 134 Å². The number of fused-ring (bicyclic) bond motifs is 1. The molecule has 1 aliphatic rings. The summed E-state index contributed by atoms with van der Waals surface area (Å²) in [6, 6.07) is 4.57. The highest BCUT2D eigenvalue weighted by atomic mass is 32.2. The minimum atomic E-state index is -0.610. The summed E-state index contributed by atoms with van der Waals surface area (Å²) in [4.78, 5) is 26.2. The number of nitrogens with one attached hydrogen (secondary N) is 1. The molecule has 0 unspecified atom stereocenters. The van der Waals surface area contributed by atoms with Crippen molar-refractivity contribution in [2.45, 2.75) is 26.0 Å². The third kappa shape index (κ3) is 3.30. The van der Waals surface area contributed by atoms with Crippen LogP contribution in [-0.2, 0) is 9.53 Å². The standard InChI is InChI=1S/C15H20N2O4S/c1-9(2)21-15(19)17-12-7-10(20-3)5-6-11(12)16-14(18)13(17)8-22-4/h5-7,9,13H,8H2,1-4H3,(H,16,18)/t13-/m1/s1. The minimum Gasteiger partial charge on any atom is -0.497 e. The third-order valence-electron chi connectivity index (χ3n) is 3.19.